The van der Waals surface area contributed by atoms with Crippen molar-refractivity contribution in [2.45, 2.75) is 13.0 Å². The number of hydrogen-bond acceptors (Lipinski definition) is 3. The van der Waals surface area contributed by atoms with Crippen LogP contribution < -0.4 is 0 Å². The zero-order valence-electron chi connectivity index (χ0n) is 13.6. The molecule has 3 rings (SSSR count). The fraction of sp³-hybridized carbons (Fsp3) is 0.158. The number of halogens is 2. The second-order valence-electron chi connectivity index (χ2n) is 5.55. The van der Waals surface area contributed by atoms with Gasteiger partial charge in [-0.2, -0.15) is 0 Å². The third kappa shape index (κ3) is 4.03. The van der Waals surface area contributed by atoms with E-state index in [1.54, 1.807) is 18.3 Å². The summed E-state index contributed by atoms with van der Waals surface area (Å²) >= 11 is 12.4. The minimum atomic E-state index is -0.349. The zero-order valence-corrected chi connectivity index (χ0v) is 15.1. The lowest BCUT2D eigenvalue weighted by Crippen LogP contribution is -2.07. The van der Waals surface area contributed by atoms with Crippen molar-refractivity contribution in [1.29, 1.82) is 0 Å². The van der Waals surface area contributed by atoms with Gasteiger partial charge in [-0.3, -0.25) is 0 Å². The molecule has 0 saturated heterocycles. The number of methoxy groups -OCH3 is 1. The van der Waals surface area contributed by atoms with E-state index >= 15 is 0 Å². The van der Waals surface area contributed by atoms with Crippen molar-refractivity contribution in [3.8, 4) is 0 Å². The lowest BCUT2D eigenvalue weighted by atomic mass is 10.1. The van der Waals surface area contributed by atoms with Gasteiger partial charge >= 0.3 is 5.97 Å². The average molecular weight is 375 g/mol. The topological polar surface area (TPSA) is 44.1 Å². The summed E-state index contributed by atoms with van der Waals surface area (Å²) in [4.78, 5) is 16.1. The third-order valence-corrected chi connectivity index (χ3v) is 4.74. The SMILES string of the molecule is COC(=O)c1cccc(Cn2ccnc2Cc2cccc(Cl)c2Cl)c1. The number of esters is 1. The summed E-state index contributed by atoms with van der Waals surface area (Å²) in [6.45, 7) is 0.596. The molecule has 0 saturated carbocycles. The predicted molar refractivity (Wildman–Crippen MR) is 98.4 cm³/mol. The van der Waals surface area contributed by atoms with Gasteiger partial charge in [-0.25, -0.2) is 9.78 Å². The number of hydrogen-bond donors (Lipinski definition) is 0. The van der Waals surface area contributed by atoms with E-state index in [1.165, 1.54) is 7.11 Å². The highest BCUT2D eigenvalue weighted by Gasteiger charge is 2.11. The van der Waals surface area contributed by atoms with Crippen LogP contribution in [0.4, 0.5) is 0 Å². The molecule has 0 amide bonds. The van der Waals surface area contributed by atoms with Crippen LogP contribution in [-0.2, 0) is 17.7 Å². The number of benzene rings is 2. The van der Waals surface area contributed by atoms with E-state index in [-0.39, 0.29) is 5.97 Å². The highest BCUT2D eigenvalue weighted by molar-refractivity contribution is 6.42. The van der Waals surface area contributed by atoms with Crippen LogP contribution >= 0.6 is 23.2 Å². The number of carbonyl (C=O) groups is 1. The molecule has 4 nitrogen and oxygen atoms in total. The van der Waals surface area contributed by atoms with Gasteiger partial charge in [0.25, 0.3) is 0 Å². The Hall–Kier alpha value is -2.30. The Bertz CT molecular complexity index is 906. The van der Waals surface area contributed by atoms with E-state index < -0.39 is 0 Å². The molecule has 0 aliphatic heterocycles. The molecule has 6 heteroatoms. The molecular formula is C19H16Cl2N2O2. The first-order chi connectivity index (χ1) is 12.1. The number of carbonyl (C=O) groups excluding carboxylic acids is 1. The number of nitrogens with zero attached hydrogens (tertiary/aromatic N) is 2. The second-order valence-corrected chi connectivity index (χ2v) is 6.34. The van der Waals surface area contributed by atoms with Crippen molar-refractivity contribution in [2.75, 3.05) is 7.11 Å². The molecule has 3 aromatic rings. The van der Waals surface area contributed by atoms with Crippen LogP contribution in [0.25, 0.3) is 0 Å². The molecule has 2 aromatic carbocycles. The fourth-order valence-electron chi connectivity index (χ4n) is 2.62. The van der Waals surface area contributed by atoms with Gasteiger partial charge in [0.05, 0.1) is 22.7 Å². The van der Waals surface area contributed by atoms with Crippen molar-refractivity contribution in [3.63, 3.8) is 0 Å². The molecule has 128 valence electrons. The number of aromatic nitrogens is 2. The molecule has 0 N–H and O–H groups in total. The second kappa shape index (κ2) is 7.72. The molecule has 0 bridgehead atoms. The lowest BCUT2D eigenvalue weighted by Gasteiger charge is -2.10. The first kappa shape index (κ1) is 17.5. The van der Waals surface area contributed by atoms with E-state index in [9.17, 15) is 4.79 Å². The van der Waals surface area contributed by atoms with Crippen LogP contribution in [0.2, 0.25) is 10.0 Å². The molecule has 0 atom stereocenters. The van der Waals surface area contributed by atoms with Gasteiger partial charge in [-0.15, -0.1) is 0 Å². The monoisotopic (exact) mass is 374 g/mol. The molecule has 25 heavy (non-hydrogen) atoms. The maximum Gasteiger partial charge on any atom is 0.337 e. The molecule has 1 heterocycles. The van der Waals surface area contributed by atoms with Crippen LogP contribution in [-0.4, -0.2) is 22.6 Å². The summed E-state index contributed by atoms with van der Waals surface area (Å²) in [5.74, 6) is 0.519. The zero-order chi connectivity index (χ0) is 17.8. The molecule has 0 radical (unpaired) electrons. The molecule has 0 aliphatic rings. The fourth-order valence-corrected chi connectivity index (χ4v) is 3.00. The van der Waals surface area contributed by atoms with E-state index in [0.29, 0.717) is 28.6 Å². The first-order valence-electron chi connectivity index (χ1n) is 7.68. The van der Waals surface area contributed by atoms with Crippen molar-refractivity contribution >= 4 is 29.2 Å². The van der Waals surface area contributed by atoms with E-state index in [0.717, 1.165) is 17.0 Å². The quantitative estimate of drug-likeness (QED) is 0.612. The lowest BCUT2D eigenvalue weighted by molar-refractivity contribution is 0.0600. The van der Waals surface area contributed by atoms with Crippen molar-refractivity contribution in [1.82, 2.24) is 9.55 Å². The van der Waals surface area contributed by atoms with E-state index in [1.807, 2.05) is 41.1 Å². The van der Waals surface area contributed by atoms with E-state index in [4.69, 9.17) is 27.9 Å². The van der Waals surface area contributed by atoms with Crippen LogP contribution in [0.5, 0.6) is 0 Å². The Kier molecular flexibility index (Phi) is 5.41. The van der Waals surface area contributed by atoms with Crippen molar-refractivity contribution < 1.29 is 9.53 Å². The number of ether oxygens (including phenoxy) is 1. The molecule has 1 aromatic heterocycles. The highest BCUT2D eigenvalue weighted by Crippen LogP contribution is 2.27. The highest BCUT2D eigenvalue weighted by atomic mass is 35.5. The summed E-state index contributed by atoms with van der Waals surface area (Å²) in [6.07, 6.45) is 4.22. The summed E-state index contributed by atoms with van der Waals surface area (Å²) in [6, 6.07) is 12.9. The van der Waals surface area contributed by atoms with Crippen LogP contribution in [0, 0.1) is 0 Å². The van der Waals surface area contributed by atoms with Gasteiger partial charge in [-0.1, -0.05) is 47.5 Å². The average Bonchev–Trinajstić information content (AvgIpc) is 3.05. The summed E-state index contributed by atoms with van der Waals surface area (Å²) in [7, 11) is 1.37. The van der Waals surface area contributed by atoms with Gasteiger partial charge in [0.1, 0.15) is 5.82 Å². The van der Waals surface area contributed by atoms with Gasteiger partial charge in [-0.05, 0) is 29.3 Å². The third-order valence-electron chi connectivity index (χ3n) is 3.88. The summed E-state index contributed by atoms with van der Waals surface area (Å²) in [5.41, 5.74) is 2.43. The number of rotatable bonds is 5. The summed E-state index contributed by atoms with van der Waals surface area (Å²) in [5, 5.41) is 1.08. The number of imidazole rings is 1. The standard InChI is InChI=1S/C19H16Cl2N2O2/c1-25-19(24)15-6-2-4-13(10-15)12-23-9-8-22-17(23)11-14-5-3-7-16(20)18(14)21/h2-10H,11-12H2,1H3. The Morgan fingerprint density at radius 1 is 1.20 bits per heavy atom. The maximum atomic E-state index is 11.7. The maximum absolute atomic E-state index is 11.7. The van der Waals surface area contributed by atoms with Crippen LogP contribution in [0.1, 0.15) is 27.3 Å². The molecule has 0 fully saturated rings. The first-order valence-corrected chi connectivity index (χ1v) is 8.44. The molecule has 0 spiro atoms. The predicted octanol–water partition coefficient (Wildman–Crippen LogP) is 4.62. The van der Waals surface area contributed by atoms with Gasteiger partial charge in [0.2, 0.25) is 0 Å². The van der Waals surface area contributed by atoms with Crippen molar-refractivity contribution in [2.24, 2.45) is 0 Å². The minimum Gasteiger partial charge on any atom is -0.465 e. The molecular weight excluding hydrogens is 359 g/mol. The van der Waals surface area contributed by atoms with Gasteiger partial charge in [0.15, 0.2) is 0 Å². The van der Waals surface area contributed by atoms with Crippen molar-refractivity contribution in [3.05, 3.63) is 87.4 Å². The van der Waals surface area contributed by atoms with Crippen LogP contribution in [0.15, 0.2) is 54.9 Å². The Morgan fingerprint density at radius 2 is 2.00 bits per heavy atom. The van der Waals surface area contributed by atoms with Gasteiger partial charge in [0, 0.05) is 25.4 Å². The smallest absolute Gasteiger partial charge is 0.337 e. The minimum absolute atomic E-state index is 0.349. The van der Waals surface area contributed by atoms with Gasteiger partial charge < -0.3 is 9.30 Å². The van der Waals surface area contributed by atoms with Crippen LogP contribution in [0.3, 0.4) is 0 Å². The molecule has 0 unspecified atom stereocenters. The Morgan fingerprint density at radius 3 is 2.80 bits per heavy atom. The summed E-state index contributed by atoms with van der Waals surface area (Å²) < 4.78 is 6.79. The molecule has 0 aliphatic carbocycles. The normalized spacial score (nSPS) is 10.7. The largest absolute Gasteiger partial charge is 0.465 e. The van der Waals surface area contributed by atoms with E-state index in [2.05, 4.69) is 4.98 Å². The Labute approximate surface area is 156 Å². The Balaban J connectivity index is 1.83.